The third-order valence-electron chi connectivity index (χ3n) is 3.91. The molecule has 0 unspecified atom stereocenters. The summed E-state index contributed by atoms with van der Waals surface area (Å²) < 4.78 is 7.10. The molecule has 0 radical (unpaired) electrons. The van der Waals surface area contributed by atoms with E-state index in [1.807, 2.05) is 35.1 Å². The zero-order chi connectivity index (χ0) is 18.2. The molecule has 3 aromatic heterocycles. The van der Waals surface area contributed by atoms with Crippen LogP contribution in [-0.2, 0) is 11.3 Å². The zero-order valence-electron chi connectivity index (χ0n) is 14.9. The Hall–Kier alpha value is -2.65. The normalized spacial score (nSPS) is 10.8. The molecule has 0 saturated carbocycles. The Labute approximate surface area is 152 Å². The number of anilines is 2. The van der Waals surface area contributed by atoms with Gasteiger partial charge in [0.1, 0.15) is 11.6 Å². The Morgan fingerprint density at radius 3 is 2.96 bits per heavy atom. The molecule has 3 N–H and O–H groups in total. The van der Waals surface area contributed by atoms with E-state index in [9.17, 15) is 0 Å². The van der Waals surface area contributed by atoms with Gasteiger partial charge in [-0.25, -0.2) is 4.98 Å². The van der Waals surface area contributed by atoms with E-state index >= 15 is 0 Å². The van der Waals surface area contributed by atoms with Crippen molar-refractivity contribution in [1.82, 2.24) is 19.6 Å². The molecule has 0 aliphatic carbocycles. The molecule has 0 aliphatic heterocycles. The molecular formula is C17H23BN6O2. The standard InChI is InChI=1S/C17H23BN6O2/c1-18-14-12-22-24-16(21-11-13-3-2-4-19-10-13)9-15(23-17(14)24)20-5-7-26-8-6-25/h2-4,9-10,12,18,21,25H,5-8,11H2,1H3,(H,20,23). The maximum absolute atomic E-state index is 8.74. The summed E-state index contributed by atoms with van der Waals surface area (Å²) in [6.45, 7) is 4.22. The molecule has 3 aromatic rings. The fraction of sp³-hybridized carbons (Fsp3) is 0.353. The SMILES string of the molecule is CBc1cnn2c(NCc3cccnc3)cc(NCCOCCO)nc12. The van der Waals surface area contributed by atoms with E-state index in [2.05, 4.69) is 32.5 Å². The van der Waals surface area contributed by atoms with Crippen molar-refractivity contribution in [2.75, 3.05) is 37.0 Å². The maximum atomic E-state index is 8.74. The smallest absolute Gasteiger partial charge is 0.161 e. The second kappa shape index (κ2) is 9.16. The molecule has 0 spiro atoms. The van der Waals surface area contributed by atoms with E-state index in [0.29, 0.717) is 26.3 Å². The molecule has 0 fully saturated rings. The number of aliphatic hydroxyl groups is 1. The van der Waals surface area contributed by atoms with E-state index in [-0.39, 0.29) is 6.61 Å². The molecule has 136 valence electrons. The summed E-state index contributed by atoms with van der Waals surface area (Å²) >= 11 is 0. The highest BCUT2D eigenvalue weighted by Crippen LogP contribution is 2.16. The van der Waals surface area contributed by atoms with Crippen molar-refractivity contribution in [1.29, 1.82) is 0 Å². The Balaban J connectivity index is 1.77. The minimum absolute atomic E-state index is 0.0301. The Morgan fingerprint density at radius 2 is 2.19 bits per heavy atom. The van der Waals surface area contributed by atoms with E-state index in [0.717, 1.165) is 35.6 Å². The largest absolute Gasteiger partial charge is 0.394 e. The molecule has 0 aromatic carbocycles. The maximum Gasteiger partial charge on any atom is 0.161 e. The first-order valence-electron chi connectivity index (χ1n) is 8.74. The highest BCUT2D eigenvalue weighted by atomic mass is 16.5. The van der Waals surface area contributed by atoms with Crippen LogP contribution >= 0.6 is 0 Å². The minimum atomic E-state index is 0.0301. The number of hydrogen-bond donors (Lipinski definition) is 3. The van der Waals surface area contributed by atoms with Crippen molar-refractivity contribution in [3.63, 3.8) is 0 Å². The first kappa shape index (κ1) is 18.2. The van der Waals surface area contributed by atoms with Crippen molar-refractivity contribution >= 4 is 30.0 Å². The summed E-state index contributed by atoms with van der Waals surface area (Å²) in [7, 11) is 0.863. The highest BCUT2D eigenvalue weighted by molar-refractivity contribution is 6.54. The van der Waals surface area contributed by atoms with Gasteiger partial charge in [-0.15, -0.1) is 0 Å². The van der Waals surface area contributed by atoms with Crippen LogP contribution in [0.5, 0.6) is 0 Å². The molecule has 9 heteroatoms. The van der Waals surface area contributed by atoms with Crippen molar-refractivity contribution in [2.45, 2.75) is 13.4 Å². The highest BCUT2D eigenvalue weighted by Gasteiger charge is 2.11. The predicted molar refractivity (Wildman–Crippen MR) is 104 cm³/mol. The lowest BCUT2D eigenvalue weighted by molar-refractivity contribution is 0.0992. The number of ether oxygens (including phenoxy) is 1. The van der Waals surface area contributed by atoms with Gasteiger partial charge in [0.2, 0.25) is 0 Å². The van der Waals surface area contributed by atoms with Crippen LogP contribution in [-0.4, -0.2) is 58.3 Å². The van der Waals surface area contributed by atoms with Gasteiger partial charge in [-0.3, -0.25) is 4.98 Å². The fourth-order valence-electron chi connectivity index (χ4n) is 2.59. The van der Waals surface area contributed by atoms with Crippen molar-refractivity contribution < 1.29 is 9.84 Å². The number of nitrogens with zero attached hydrogens (tertiary/aromatic N) is 4. The van der Waals surface area contributed by atoms with Crippen LogP contribution in [0.25, 0.3) is 5.65 Å². The van der Waals surface area contributed by atoms with Crippen LogP contribution in [0.4, 0.5) is 11.6 Å². The summed E-state index contributed by atoms with van der Waals surface area (Å²) in [6.07, 6.45) is 5.45. The van der Waals surface area contributed by atoms with E-state index in [1.165, 1.54) is 0 Å². The number of pyridine rings is 1. The Bertz CT molecular complexity index is 827. The second-order valence-electron chi connectivity index (χ2n) is 5.76. The Kier molecular flexibility index (Phi) is 6.40. The van der Waals surface area contributed by atoms with Crippen LogP contribution in [0.2, 0.25) is 6.82 Å². The van der Waals surface area contributed by atoms with Gasteiger partial charge < -0.3 is 20.5 Å². The van der Waals surface area contributed by atoms with Crippen LogP contribution in [0.3, 0.4) is 0 Å². The van der Waals surface area contributed by atoms with Crippen LogP contribution in [0, 0.1) is 0 Å². The van der Waals surface area contributed by atoms with E-state index < -0.39 is 0 Å². The molecule has 0 aliphatic rings. The second-order valence-corrected chi connectivity index (χ2v) is 5.76. The molecule has 0 amide bonds. The van der Waals surface area contributed by atoms with Crippen molar-refractivity contribution in [3.8, 4) is 0 Å². The molecule has 0 atom stereocenters. The first-order chi connectivity index (χ1) is 12.8. The Morgan fingerprint density at radius 1 is 1.27 bits per heavy atom. The van der Waals surface area contributed by atoms with E-state index in [4.69, 9.17) is 9.84 Å². The van der Waals surface area contributed by atoms with E-state index in [1.54, 1.807) is 6.20 Å². The van der Waals surface area contributed by atoms with Gasteiger partial charge in [0.05, 0.1) is 19.8 Å². The molecule has 3 rings (SSSR count). The first-order valence-corrected chi connectivity index (χ1v) is 8.74. The third kappa shape index (κ3) is 4.50. The zero-order valence-corrected chi connectivity index (χ0v) is 14.9. The topological polar surface area (TPSA) is 96.6 Å². The number of aliphatic hydroxyl groups excluding tert-OH is 1. The average molecular weight is 354 g/mol. The predicted octanol–water partition coefficient (Wildman–Crippen LogP) is 0.267. The monoisotopic (exact) mass is 354 g/mol. The van der Waals surface area contributed by atoms with Gasteiger partial charge >= 0.3 is 0 Å². The average Bonchev–Trinajstić information content (AvgIpc) is 3.10. The van der Waals surface area contributed by atoms with Gasteiger partial charge in [0, 0.05) is 37.7 Å². The van der Waals surface area contributed by atoms with Crippen LogP contribution in [0.1, 0.15) is 5.56 Å². The molecule has 0 bridgehead atoms. The van der Waals surface area contributed by atoms with Gasteiger partial charge in [0.15, 0.2) is 12.9 Å². The van der Waals surface area contributed by atoms with Crippen molar-refractivity contribution in [3.05, 3.63) is 42.4 Å². The summed E-state index contributed by atoms with van der Waals surface area (Å²) in [6, 6.07) is 5.88. The summed E-state index contributed by atoms with van der Waals surface area (Å²) in [4.78, 5) is 8.81. The lowest BCUT2D eigenvalue weighted by atomic mass is 9.75. The molecule has 8 nitrogen and oxygen atoms in total. The number of rotatable bonds is 10. The van der Waals surface area contributed by atoms with Gasteiger partial charge in [-0.05, 0) is 17.1 Å². The molecular weight excluding hydrogens is 331 g/mol. The third-order valence-corrected chi connectivity index (χ3v) is 3.91. The molecule has 0 saturated heterocycles. The molecule has 3 heterocycles. The van der Waals surface area contributed by atoms with Crippen LogP contribution < -0.4 is 16.1 Å². The number of fused-ring (bicyclic) bond motifs is 1. The van der Waals surface area contributed by atoms with Gasteiger partial charge in [-0.2, -0.15) is 9.61 Å². The minimum Gasteiger partial charge on any atom is -0.394 e. The van der Waals surface area contributed by atoms with Crippen LogP contribution in [0.15, 0.2) is 36.8 Å². The summed E-state index contributed by atoms with van der Waals surface area (Å²) in [5.41, 5.74) is 3.02. The van der Waals surface area contributed by atoms with Crippen molar-refractivity contribution in [2.24, 2.45) is 0 Å². The van der Waals surface area contributed by atoms with Gasteiger partial charge in [0.25, 0.3) is 0 Å². The lowest BCUT2D eigenvalue weighted by Crippen LogP contribution is -2.16. The quantitative estimate of drug-likeness (QED) is 0.355. The number of hydrogen-bond acceptors (Lipinski definition) is 7. The summed E-state index contributed by atoms with van der Waals surface area (Å²) in [5, 5.41) is 19.9. The molecule has 26 heavy (non-hydrogen) atoms. The number of nitrogens with one attached hydrogen (secondary N) is 2. The lowest BCUT2D eigenvalue weighted by Gasteiger charge is -2.12. The number of aromatic nitrogens is 4. The summed E-state index contributed by atoms with van der Waals surface area (Å²) in [5.74, 6) is 1.62. The fourth-order valence-corrected chi connectivity index (χ4v) is 2.59. The van der Waals surface area contributed by atoms with Gasteiger partial charge in [-0.1, -0.05) is 12.9 Å².